The van der Waals surface area contributed by atoms with Crippen molar-refractivity contribution in [2.75, 3.05) is 37.6 Å². The van der Waals surface area contributed by atoms with Gasteiger partial charge in [0, 0.05) is 19.3 Å². The van der Waals surface area contributed by atoms with E-state index in [1.54, 1.807) is 0 Å². The van der Waals surface area contributed by atoms with Gasteiger partial charge in [-0.05, 0) is 69.2 Å². The van der Waals surface area contributed by atoms with Crippen LogP contribution in [0.3, 0.4) is 0 Å². The van der Waals surface area contributed by atoms with Crippen LogP contribution in [0.2, 0.25) is 0 Å². The van der Waals surface area contributed by atoms with Crippen molar-refractivity contribution in [2.45, 2.75) is 99.1 Å². The number of nitrogens with one attached hydrogen (secondary N) is 5. The molecular weight excluding hydrogens is 510 g/mol. The summed E-state index contributed by atoms with van der Waals surface area (Å²) < 4.78 is 6.27. The fourth-order valence-corrected chi connectivity index (χ4v) is 7.37. The molecule has 0 spiro atoms. The lowest BCUT2D eigenvalue weighted by Crippen LogP contribution is -2.68. The van der Waals surface area contributed by atoms with E-state index >= 15 is 0 Å². The number of nitriles is 1. The van der Waals surface area contributed by atoms with Crippen molar-refractivity contribution in [3.8, 4) is 6.07 Å². The molecule has 4 aliphatic heterocycles. The van der Waals surface area contributed by atoms with Gasteiger partial charge in [-0.1, -0.05) is 6.07 Å². The predicted molar refractivity (Wildman–Crippen MR) is 150 cm³/mol. The zero-order chi connectivity index (χ0) is 27.6. The van der Waals surface area contributed by atoms with Crippen LogP contribution in [0.5, 0.6) is 0 Å². The maximum atomic E-state index is 10.9. The van der Waals surface area contributed by atoms with Gasteiger partial charge in [-0.3, -0.25) is 16.0 Å². The Bertz CT molecular complexity index is 1140. The monoisotopic (exact) mass is 553 g/mol. The molecule has 2 aliphatic carbocycles. The molecule has 1 aromatic carbocycles. The quantitative estimate of drug-likeness (QED) is 0.205. The first-order chi connectivity index (χ1) is 19.3. The Morgan fingerprint density at radius 2 is 1.93 bits per heavy atom. The van der Waals surface area contributed by atoms with Crippen molar-refractivity contribution in [3.05, 3.63) is 23.8 Å². The predicted octanol–water partition coefficient (Wildman–Crippen LogP) is -0.665. The number of anilines is 2. The van der Waals surface area contributed by atoms with Crippen molar-refractivity contribution < 1.29 is 14.9 Å². The van der Waals surface area contributed by atoms with Crippen LogP contribution in [0, 0.1) is 17.2 Å². The van der Waals surface area contributed by atoms with Crippen LogP contribution in [0.15, 0.2) is 18.2 Å². The molecule has 9 N–H and O–H groups in total. The standard InChI is InChI=1S/C28H43N9O3/c1-36(11-20-23(38)24(39)27(40-20)37-14-33-22-25(30)31-13-32-26(22)37)17-8-15(9-17)2-5-21-34-18-4-3-16(10-19(18)35-21)28(12-29)6-7-28/h3-4,10,15,17,20-27,31-35,38-39H,2,5-9,11,13-14,30H2,1H3/t15-,17+,20-,21?,22?,23-,24-,25?,26?,27-/m1/s1. The zero-order valence-corrected chi connectivity index (χ0v) is 23.1. The smallest absolute Gasteiger partial charge is 0.142 e. The molecule has 218 valence electrons. The summed E-state index contributed by atoms with van der Waals surface area (Å²) in [6.07, 6.45) is 3.46. The van der Waals surface area contributed by atoms with E-state index < -0.39 is 24.5 Å². The summed E-state index contributed by atoms with van der Waals surface area (Å²) in [6, 6.07) is 9.33. The number of nitrogens with two attached hydrogens (primary N) is 1. The maximum Gasteiger partial charge on any atom is 0.142 e. The molecule has 0 radical (unpaired) electrons. The molecule has 4 unspecified atom stereocenters. The first-order valence-electron chi connectivity index (χ1n) is 14.9. The van der Waals surface area contributed by atoms with Crippen LogP contribution in [0.25, 0.3) is 0 Å². The van der Waals surface area contributed by atoms with Crippen LogP contribution in [-0.2, 0) is 10.2 Å². The molecule has 4 heterocycles. The van der Waals surface area contributed by atoms with Crippen LogP contribution in [-0.4, -0.2) is 102 Å². The summed E-state index contributed by atoms with van der Waals surface area (Å²) in [4.78, 5) is 4.33. The van der Waals surface area contributed by atoms with Gasteiger partial charge in [0.15, 0.2) is 0 Å². The first kappa shape index (κ1) is 26.8. The van der Waals surface area contributed by atoms with Crippen molar-refractivity contribution in [1.82, 2.24) is 25.8 Å². The normalized spacial score (nSPS) is 41.5. The van der Waals surface area contributed by atoms with Gasteiger partial charge in [0.05, 0.1) is 54.1 Å². The Morgan fingerprint density at radius 3 is 2.70 bits per heavy atom. The maximum absolute atomic E-state index is 10.9. The van der Waals surface area contributed by atoms with E-state index in [0.717, 1.165) is 55.5 Å². The number of nitrogens with zero attached hydrogens (tertiary/aromatic N) is 3. The minimum absolute atomic E-state index is 0.00927. The van der Waals surface area contributed by atoms with Gasteiger partial charge in [-0.2, -0.15) is 5.26 Å². The van der Waals surface area contributed by atoms with Crippen LogP contribution < -0.4 is 32.3 Å². The van der Waals surface area contributed by atoms with Gasteiger partial charge in [-0.25, -0.2) is 4.90 Å². The third-order valence-corrected chi connectivity index (χ3v) is 10.3. The second kappa shape index (κ2) is 10.3. The largest absolute Gasteiger partial charge is 0.387 e. The fourth-order valence-electron chi connectivity index (χ4n) is 7.37. The fraction of sp³-hybridized carbons (Fsp3) is 0.750. The second-order valence-corrected chi connectivity index (χ2v) is 12.8. The van der Waals surface area contributed by atoms with Gasteiger partial charge in [0.25, 0.3) is 0 Å². The summed E-state index contributed by atoms with van der Waals surface area (Å²) in [5.41, 5.74) is 9.31. The second-order valence-electron chi connectivity index (χ2n) is 12.8. The Morgan fingerprint density at radius 1 is 1.12 bits per heavy atom. The van der Waals surface area contributed by atoms with Crippen molar-refractivity contribution in [2.24, 2.45) is 11.7 Å². The SMILES string of the molecule is CN(C[C@H]1O[C@@H](N2CNC3C(N)NCNC32)[C@H](O)[C@@H]1O)[C@H]1C[C@@H](CCC2Nc3ccc(C4(C#N)CC4)cc3N2)C1. The highest BCUT2D eigenvalue weighted by molar-refractivity contribution is 5.76. The molecular formula is C28H43N9O3. The number of benzene rings is 1. The Labute approximate surface area is 235 Å². The summed E-state index contributed by atoms with van der Waals surface area (Å²) in [5.74, 6) is 0.680. The van der Waals surface area contributed by atoms with Gasteiger partial charge in [0.1, 0.15) is 24.5 Å². The van der Waals surface area contributed by atoms with Crippen molar-refractivity contribution in [3.63, 3.8) is 0 Å². The molecule has 2 saturated carbocycles. The molecule has 0 bridgehead atoms. The average molecular weight is 554 g/mol. The summed E-state index contributed by atoms with van der Waals surface area (Å²) in [7, 11) is 2.10. The third kappa shape index (κ3) is 4.67. The van der Waals surface area contributed by atoms with Gasteiger partial charge < -0.3 is 36.2 Å². The van der Waals surface area contributed by atoms with E-state index in [9.17, 15) is 15.5 Å². The molecule has 7 rings (SSSR count). The number of fused-ring (bicyclic) bond motifs is 2. The summed E-state index contributed by atoms with van der Waals surface area (Å²) >= 11 is 0. The van der Waals surface area contributed by atoms with Gasteiger partial charge in [-0.15, -0.1) is 0 Å². The molecule has 12 nitrogen and oxygen atoms in total. The third-order valence-electron chi connectivity index (χ3n) is 10.3. The molecule has 1 aromatic rings. The summed E-state index contributed by atoms with van der Waals surface area (Å²) in [5, 5.41) is 48.4. The van der Waals surface area contributed by atoms with E-state index in [-0.39, 0.29) is 30.0 Å². The number of hydrogen-bond donors (Lipinski definition) is 8. The average Bonchev–Trinajstić information content (AvgIpc) is 3.30. The molecule has 40 heavy (non-hydrogen) atoms. The lowest BCUT2D eigenvalue weighted by Gasteiger charge is -2.42. The van der Waals surface area contributed by atoms with Crippen molar-refractivity contribution in [1.29, 1.82) is 5.26 Å². The molecule has 3 saturated heterocycles. The molecule has 8 atom stereocenters. The lowest BCUT2D eigenvalue weighted by molar-refractivity contribution is -0.108. The minimum Gasteiger partial charge on any atom is -0.387 e. The highest BCUT2D eigenvalue weighted by Gasteiger charge is 2.52. The van der Waals surface area contributed by atoms with E-state index in [1.807, 2.05) is 4.90 Å². The Hall–Kier alpha value is -2.05. The number of likely N-dealkylation sites (N-methyl/N-ethyl adjacent to an activating group) is 1. The lowest BCUT2D eigenvalue weighted by atomic mass is 9.76. The molecule has 12 heteroatoms. The molecule has 5 fully saturated rings. The number of rotatable bonds is 8. The summed E-state index contributed by atoms with van der Waals surface area (Å²) in [6.45, 7) is 1.71. The first-order valence-corrected chi connectivity index (χ1v) is 14.9. The number of ether oxygens (including phenoxy) is 1. The molecule has 6 aliphatic rings. The highest BCUT2D eigenvalue weighted by Crippen LogP contribution is 2.49. The van der Waals surface area contributed by atoms with Crippen LogP contribution in [0.1, 0.15) is 44.1 Å². The van der Waals surface area contributed by atoms with Crippen molar-refractivity contribution >= 4 is 11.4 Å². The van der Waals surface area contributed by atoms with Crippen LogP contribution in [0.4, 0.5) is 11.4 Å². The number of hydrogen-bond acceptors (Lipinski definition) is 12. The number of aliphatic hydroxyl groups is 2. The topological polar surface area (TPSA) is 166 Å². The van der Waals surface area contributed by atoms with E-state index in [0.29, 0.717) is 31.8 Å². The molecule has 0 aromatic heterocycles. The Kier molecular flexibility index (Phi) is 6.94. The van der Waals surface area contributed by atoms with E-state index in [2.05, 4.69) is 62.8 Å². The minimum atomic E-state index is -0.970. The van der Waals surface area contributed by atoms with Gasteiger partial charge >= 0.3 is 0 Å². The Balaban J connectivity index is 0.857. The van der Waals surface area contributed by atoms with Crippen LogP contribution >= 0.6 is 0 Å². The number of aliphatic hydroxyl groups excluding tert-OH is 2. The molecule has 0 amide bonds. The van der Waals surface area contributed by atoms with Gasteiger partial charge in [0.2, 0.25) is 0 Å². The highest BCUT2D eigenvalue weighted by atomic mass is 16.6. The zero-order valence-electron chi connectivity index (χ0n) is 23.1. The van der Waals surface area contributed by atoms with E-state index in [4.69, 9.17) is 10.5 Å². The van der Waals surface area contributed by atoms with E-state index in [1.165, 1.54) is 0 Å².